The Labute approximate surface area is 152 Å². The lowest BCUT2D eigenvalue weighted by atomic mass is 10.1. The van der Waals surface area contributed by atoms with Gasteiger partial charge in [-0.2, -0.15) is 0 Å². The van der Waals surface area contributed by atoms with E-state index in [9.17, 15) is 4.79 Å². The van der Waals surface area contributed by atoms with Crippen LogP contribution in [0.15, 0.2) is 35.2 Å². The molecule has 1 unspecified atom stereocenters. The van der Waals surface area contributed by atoms with Gasteiger partial charge in [0, 0.05) is 21.5 Å². The van der Waals surface area contributed by atoms with Crippen molar-refractivity contribution in [3.05, 3.63) is 61.7 Å². The Balaban J connectivity index is 1.58. The molecule has 0 bridgehead atoms. The maximum atomic E-state index is 12.5. The minimum Gasteiger partial charge on any atom is -0.349 e. The fourth-order valence-corrected chi connectivity index (χ4v) is 5.19. The van der Waals surface area contributed by atoms with E-state index in [1.165, 1.54) is 26.4 Å². The summed E-state index contributed by atoms with van der Waals surface area (Å²) in [6, 6.07) is 10.6. The van der Waals surface area contributed by atoms with Crippen LogP contribution in [0.3, 0.4) is 0 Å². The number of thioether (sulfide) groups is 1. The molecule has 0 spiro atoms. The number of aryl methyl sites for hydroxylation is 2. The predicted octanol–water partition coefficient (Wildman–Crippen LogP) is 5.09. The number of nitrogens with one attached hydrogen (secondary N) is 1. The Morgan fingerprint density at radius 2 is 2.00 bits per heavy atom. The number of thiophene rings is 1. The first-order valence-corrected chi connectivity index (χ1v) is 10.1. The van der Waals surface area contributed by atoms with Crippen molar-refractivity contribution in [2.45, 2.75) is 45.4 Å². The van der Waals surface area contributed by atoms with E-state index in [0.29, 0.717) is 0 Å². The molecule has 1 amide bonds. The zero-order valence-electron chi connectivity index (χ0n) is 14.4. The third kappa shape index (κ3) is 3.93. The molecule has 0 saturated heterocycles. The molecule has 2 nitrogen and oxygen atoms in total. The highest BCUT2D eigenvalue weighted by molar-refractivity contribution is 8.03. The largest absolute Gasteiger partial charge is 0.349 e. The highest BCUT2D eigenvalue weighted by atomic mass is 32.2. The number of carbonyl (C=O) groups is 1. The molecule has 1 N–H and O–H groups in total. The first-order valence-electron chi connectivity index (χ1n) is 8.32. The molecule has 2 aromatic rings. The molecular formula is C20H23NOS2. The molecule has 0 aliphatic carbocycles. The average molecular weight is 358 g/mol. The van der Waals surface area contributed by atoms with E-state index in [2.05, 4.69) is 56.4 Å². The van der Waals surface area contributed by atoms with Crippen LogP contribution >= 0.6 is 23.1 Å². The minimum absolute atomic E-state index is 0.0647. The molecule has 24 heavy (non-hydrogen) atoms. The van der Waals surface area contributed by atoms with Crippen molar-refractivity contribution in [1.29, 1.82) is 0 Å². The van der Waals surface area contributed by atoms with Crippen LogP contribution in [-0.2, 0) is 17.0 Å². The van der Waals surface area contributed by atoms with Gasteiger partial charge in [0.25, 0.3) is 5.91 Å². The Bertz CT molecular complexity index is 761. The second-order valence-electron chi connectivity index (χ2n) is 6.32. The Kier molecular flexibility index (Phi) is 5.47. The van der Waals surface area contributed by atoms with Gasteiger partial charge in [-0.3, -0.25) is 4.79 Å². The molecule has 126 valence electrons. The van der Waals surface area contributed by atoms with Gasteiger partial charge in [0.2, 0.25) is 0 Å². The number of hydrogen-bond acceptors (Lipinski definition) is 3. The fraction of sp³-hybridized carbons (Fsp3) is 0.350. The summed E-state index contributed by atoms with van der Waals surface area (Å²) >= 11 is 3.45. The molecule has 1 aliphatic rings. The third-order valence-corrected chi connectivity index (χ3v) is 6.73. The van der Waals surface area contributed by atoms with Crippen LogP contribution in [0.4, 0.5) is 0 Å². The SMILES string of the molecule is Cc1sc2c(c1C)CSC(C(=O)NC(C)CCc1ccccc1)=C2. The minimum atomic E-state index is 0.0647. The smallest absolute Gasteiger partial charge is 0.257 e. The lowest BCUT2D eigenvalue weighted by Crippen LogP contribution is -2.33. The quantitative estimate of drug-likeness (QED) is 0.807. The van der Waals surface area contributed by atoms with Crippen molar-refractivity contribution >= 4 is 35.1 Å². The molecule has 1 aromatic heterocycles. The van der Waals surface area contributed by atoms with Crippen LogP contribution < -0.4 is 5.32 Å². The summed E-state index contributed by atoms with van der Waals surface area (Å²) in [5, 5.41) is 3.15. The zero-order chi connectivity index (χ0) is 17.1. The van der Waals surface area contributed by atoms with Gasteiger partial charge in [-0.15, -0.1) is 23.1 Å². The van der Waals surface area contributed by atoms with Crippen LogP contribution in [-0.4, -0.2) is 11.9 Å². The van der Waals surface area contributed by atoms with Crippen molar-refractivity contribution in [2.75, 3.05) is 0 Å². The van der Waals surface area contributed by atoms with Crippen LogP contribution in [0.1, 0.15) is 39.8 Å². The zero-order valence-corrected chi connectivity index (χ0v) is 16.0. The van der Waals surface area contributed by atoms with Gasteiger partial charge in [0.05, 0.1) is 4.91 Å². The maximum Gasteiger partial charge on any atom is 0.257 e. The summed E-state index contributed by atoms with van der Waals surface area (Å²) < 4.78 is 0. The van der Waals surface area contributed by atoms with Crippen LogP contribution in [0.2, 0.25) is 0 Å². The second kappa shape index (κ2) is 7.58. The predicted molar refractivity (Wildman–Crippen MR) is 105 cm³/mol. The van der Waals surface area contributed by atoms with Crippen molar-refractivity contribution in [1.82, 2.24) is 5.32 Å². The van der Waals surface area contributed by atoms with Gasteiger partial charge in [-0.05, 0) is 56.4 Å². The molecule has 1 aromatic carbocycles. The van der Waals surface area contributed by atoms with Crippen LogP contribution in [0.25, 0.3) is 6.08 Å². The van der Waals surface area contributed by atoms with E-state index in [1.54, 1.807) is 23.1 Å². The second-order valence-corrected chi connectivity index (χ2v) is 8.60. The van der Waals surface area contributed by atoms with Gasteiger partial charge < -0.3 is 5.32 Å². The van der Waals surface area contributed by atoms with Gasteiger partial charge in [0.15, 0.2) is 0 Å². The molecule has 2 heterocycles. The summed E-state index contributed by atoms with van der Waals surface area (Å²) in [7, 11) is 0. The Hall–Kier alpha value is -1.52. The number of benzene rings is 1. The number of hydrogen-bond donors (Lipinski definition) is 1. The third-order valence-electron chi connectivity index (χ3n) is 4.49. The van der Waals surface area contributed by atoms with Gasteiger partial charge >= 0.3 is 0 Å². The summed E-state index contributed by atoms with van der Waals surface area (Å²) in [5.41, 5.74) is 4.10. The first-order chi connectivity index (χ1) is 11.5. The first kappa shape index (κ1) is 17.3. The highest BCUT2D eigenvalue weighted by Gasteiger charge is 2.21. The number of amides is 1. The number of rotatable bonds is 5. The molecule has 0 fully saturated rings. The molecule has 0 saturated carbocycles. The standard InChI is InChI=1S/C20H23NOS2/c1-13(9-10-16-7-5-4-6-8-16)21-20(22)19-11-18-17(12-23-19)14(2)15(3)24-18/h4-8,11,13H,9-10,12H2,1-3H3,(H,21,22). The lowest BCUT2D eigenvalue weighted by Gasteiger charge is -2.17. The van der Waals surface area contributed by atoms with E-state index < -0.39 is 0 Å². The normalized spacial score (nSPS) is 14.7. The molecule has 3 rings (SSSR count). The summed E-state index contributed by atoms with van der Waals surface area (Å²) in [6.07, 6.45) is 4.01. The van der Waals surface area contributed by atoms with E-state index in [1.807, 2.05) is 6.07 Å². The average Bonchev–Trinajstić information content (AvgIpc) is 2.88. The fourth-order valence-electron chi connectivity index (χ4n) is 2.83. The Morgan fingerprint density at radius 1 is 1.25 bits per heavy atom. The van der Waals surface area contributed by atoms with E-state index in [-0.39, 0.29) is 11.9 Å². The van der Waals surface area contributed by atoms with Crippen molar-refractivity contribution in [2.24, 2.45) is 0 Å². The Morgan fingerprint density at radius 3 is 2.75 bits per heavy atom. The summed E-state index contributed by atoms with van der Waals surface area (Å²) in [6.45, 7) is 6.41. The molecular weight excluding hydrogens is 334 g/mol. The monoisotopic (exact) mass is 357 g/mol. The van der Waals surface area contributed by atoms with E-state index >= 15 is 0 Å². The molecule has 1 aliphatic heterocycles. The van der Waals surface area contributed by atoms with Gasteiger partial charge in [0.1, 0.15) is 0 Å². The van der Waals surface area contributed by atoms with Gasteiger partial charge in [-0.1, -0.05) is 30.3 Å². The van der Waals surface area contributed by atoms with Crippen molar-refractivity contribution in [3.8, 4) is 0 Å². The summed E-state index contributed by atoms with van der Waals surface area (Å²) in [4.78, 5) is 16.0. The highest BCUT2D eigenvalue weighted by Crippen LogP contribution is 2.39. The number of carbonyl (C=O) groups excluding carboxylic acids is 1. The lowest BCUT2D eigenvalue weighted by molar-refractivity contribution is -0.117. The molecule has 4 heteroatoms. The summed E-state index contributed by atoms with van der Waals surface area (Å²) in [5.74, 6) is 0.971. The van der Waals surface area contributed by atoms with E-state index in [0.717, 1.165) is 23.5 Å². The van der Waals surface area contributed by atoms with Crippen molar-refractivity contribution in [3.63, 3.8) is 0 Å². The topological polar surface area (TPSA) is 29.1 Å². The van der Waals surface area contributed by atoms with E-state index in [4.69, 9.17) is 0 Å². The maximum absolute atomic E-state index is 12.5. The van der Waals surface area contributed by atoms with Crippen molar-refractivity contribution < 1.29 is 4.79 Å². The van der Waals surface area contributed by atoms with Crippen LogP contribution in [0, 0.1) is 13.8 Å². The molecule has 0 radical (unpaired) electrons. The molecule has 1 atom stereocenters. The van der Waals surface area contributed by atoms with Crippen LogP contribution in [0.5, 0.6) is 0 Å². The van der Waals surface area contributed by atoms with Gasteiger partial charge in [-0.25, -0.2) is 0 Å². The number of fused-ring (bicyclic) bond motifs is 1.